The molecule has 30 heavy (non-hydrogen) atoms. The van der Waals surface area contributed by atoms with Gasteiger partial charge >= 0.3 is 0 Å². The summed E-state index contributed by atoms with van der Waals surface area (Å²) in [6.45, 7) is 2.10. The fraction of sp³-hybridized carbons (Fsp3) is 0.0870. The lowest BCUT2D eigenvalue weighted by molar-refractivity contribution is 0.602. The molecule has 0 unspecified atom stereocenters. The maximum Gasteiger partial charge on any atom is 0.175 e. The smallest absolute Gasteiger partial charge is 0.175 e. The Hall–Kier alpha value is -3.16. The molecule has 150 valence electrons. The zero-order valence-corrected chi connectivity index (χ0v) is 18.1. The number of aryl methyl sites for hydroxylation is 1. The number of nitrogens with zero attached hydrogens (tertiary/aromatic N) is 1. The number of H-pyrrole nitrogens is 1. The first-order valence-electron chi connectivity index (χ1n) is 9.43. The fourth-order valence-electron chi connectivity index (χ4n) is 3.64. The second kappa shape index (κ2) is 6.97. The Morgan fingerprint density at radius 1 is 1.00 bits per heavy atom. The van der Waals surface area contributed by atoms with Crippen LogP contribution in [0.25, 0.3) is 31.6 Å². The van der Waals surface area contributed by atoms with Crippen LogP contribution < -0.4 is 5.32 Å². The van der Waals surface area contributed by atoms with E-state index in [1.165, 1.54) is 17.2 Å². The van der Waals surface area contributed by atoms with Crippen LogP contribution in [0.4, 0.5) is 11.4 Å². The molecular weight excluding hydrogens is 414 g/mol. The molecule has 0 bridgehead atoms. The highest BCUT2D eigenvalue weighted by Gasteiger charge is 2.13. The molecule has 0 amide bonds. The third kappa shape index (κ3) is 3.26. The maximum atomic E-state index is 11.9. The molecule has 5 aromatic rings. The molecule has 3 aromatic heterocycles. The molecule has 0 fully saturated rings. The molecule has 0 aliphatic heterocycles. The predicted molar refractivity (Wildman–Crippen MR) is 124 cm³/mol. The molecule has 0 radical (unpaired) electrons. The van der Waals surface area contributed by atoms with E-state index in [9.17, 15) is 8.42 Å². The van der Waals surface area contributed by atoms with Gasteiger partial charge in [-0.1, -0.05) is 12.1 Å². The van der Waals surface area contributed by atoms with E-state index in [4.69, 9.17) is 0 Å². The normalized spacial score (nSPS) is 11.9. The summed E-state index contributed by atoms with van der Waals surface area (Å²) in [5.74, 6) is 0. The zero-order valence-electron chi connectivity index (χ0n) is 16.4. The van der Waals surface area contributed by atoms with Gasteiger partial charge in [-0.2, -0.15) is 0 Å². The Labute approximate surface area is 178 Å². The molecule has 7 heteroatoms. The number of sulfone groups is 1. The Bertz CT molecular complexity index is 1510. The molecule has 0 saturated carbocycles. The van der Waals surface area contributed by atoms with E-state index in [0.717, 1.165) is 37.5 Å². The van der Waals surface area contributed by atoms with Crippen molar-refractivity contribution in [2.24, 2.45) is 0 Å². The molecule has 0 aliphatic rings. The Morgan fingerprint density at radius 2 is 1.87 bits per heavy atom. The first-order chi connectivity index (χ1) is 14.4. The fourth-order valence-corrected chi connectivity index (χ4v) is 5.32. The number of rotatable bonds is 4. The molecule has 0 aliphatic carbocycles. The first kappa shape index (κ1) is 18.8. The number of fused-ring (bicyclic) bond motifs is 2. The van der Waals surface area contributed by atoms with Crippen molar-refractivity contribution in [3.63, 3.8) is 0 Å². The van der Waals surface area contributed by atoms with Crippen LogP contribution in [0.3, 0.4) is 0 Å². The van der Waals surface area contributed by atoms with Crippen molar-refractivity contribution < 1.29 is 8.42 Å². The standard InChI is InChI=1S/C23H19N3O2S2/c1-14-17-8-10-24-20(17)7-6-19(14)26-21-9-11-25-23-18(21)13-22(29-23)15-4-3-5-16(12-15)30(2,27)28/h3-13,24H,1-2H3,(H,25,26). The number of anilines is 2. The van der Waals surface area contributed by atoms with Gasteiger partial charge in [-0.25, -0.2) is 13.4 Å². The van der Waals surface area contributed by atoms with Crippen LogP contribution in [0, 0.1) is 6.92 Å². The van der Waals surface area contributed by atoms with Crippen molar-refractivity contribution in [2.75, 3.05) is 11.6 Å². The second-order valence-electron chi connectivity index (χ2n) is 7.29. The van der Waals surface area contributed by atoms with Crippen molar-refractivity contribution in [1.82, 2.24) is 9.97 Å². The highest BCUT2D eigenvalue weighted by atomic mass is 32.2. The van der Waals surface area contributed by atoms with Gasteiger partial charge in [-0.05, 0) is 60.5 Å². The van der Waals surface area contributed by atoms with Crippen LogP contribution >= 0.6 is 11.3 Å². The molecular formula is C23H19N3O2S2. The minimum absolute atomic E-state index is 0.319. The van der Waals surface area contributed by atoms with E-state index in [0.29, 0.717) is 4.90 Å². The number of hydrogen-bond donors (Lipinski definition) is 2. The van der Waals surface area contributed by atoms with Gasteiger partial charge < -0.3 is 10.3 Å². The summed E-state index contributed by atoms with van der Waals surface area (Å²) >= 11 is 1.55. The Balaban J connectivity index is 1.58. The van der Waals surface area contributed by atoms with Crippen LogP contribution in [0.2, 0.25) is 0 Å². The summed E-state index contributed by atoms with van der Waals surface area (Å²) in [5.41, 5.74) is 5.18. The summed E-state index contributed by atoms with van der Waals surface area (Å²) in [6, 6.07) is 17.3. The molecule has 2 N–H and O–H groups in total. The number of benzene rings is 2. The topological polar surface area (TPSA) is 74.8 Å². The third-order valence-electron chi connectivity index (χ3n) is 5.26. The molecule has 3 heterocycles. The third-order valence-corrected chi connectivity index (χ3v) is 7.46. The van der Waals surface area contributed by atoms with E-state index in [2.05, 4.69) is 46.5 Å². The summed E-state index contributed by atoms with van der Waals surface area (Å²) in [7, 11) is -3.26. The number of aromatic amines is 1. The number of hydrogen-bond acceptors (Lipinski definition) is 5. The average molecular weight is 434 g/mol. The number of nitrogens with one attached hydrogen (secondary N) is 2. The quantitative estimate of drug-likeness (QED) is 0.370. The van der Waals surface area contributed by atoms with Crippen LogP contribution in [0.15, 0.2) is 71.9 Å². The molecule has 5 nitrogen and oxygen atoms in total. The number of thiophene rings is 1. The van der Waals surface area contributed by atoms with Crippen LogP contribution in [-0.4, -0.2) is 24.6 Å². The van der Waals surface area contributed by atoms with Gasteiger partial charge in [0.2, 0.25) is 0 Å². The molecule has 2 aromatic carbocycles. The Morgan fingerprint density at radius 3 is 2.70 bits per heavy atom. The first-order valence-corrected chi connectivity index (χ1v) is 12.1. The maximum absolute atomic E-state index is 11.9. The summed E-state index contributed by atoms with van der Waals surface area (Å²) in [6.07, 6.45) is 4.97. The van der Waals surface area contributed by atoms with Gasteiger partial charge in [0, 0.05) is 45.5 Å². The minimum atomic E-state index is -3.26. The average Bonchev–Trinajstić information content (AvgIpc) is 3.37. The van der Waals surface area contributed by atoms with Gasteiger partial charge in [-0.3, -0.25) is 0 Å². The zero-order chi connectivity index (χ0) is 20.9. The molecule has 0 spiro atoms. The molecule has 5 rings (SSSR count). The highest BCUT2D eigenvalue weighted by molar-refractivity contribution is 7.90. The second-order valence-corrected chi connectivity index (χ2v) is 10.3. The largest absolute Gasteiger partial charge is 0.361 e. The van der Waals surface area contributed by atoms with Crippen molar-refractivity contribution in [1.29, 1.82) is 0 Å². The molecule has 0 atom stereocenters. The summed E-state index contributed by atoms with van der Waals surface area (Å²) in [5, 5.41) is 5.75. The van der Waals surface area contributed by atoms with Crippen LogP contribution in [-0.2, 0) is 9.84 Å². The van der Waals surface area contributed by atoms with Crippen molar-refractivity contribution >= 4 is 53.7 Å². The van der Waals surface area contributed by atoms with Crippen molar-refractivity contribution in [3.8, 4) is 10.4 Å². The SMILES string of the molecule is Cc1c(Nc2ccnc3sc(-c4cccc(S(C)(=O)=O)c4)cc23)ccc2[nH]ccc12. The van der Waals surface area contributed by atoms with E-state index in [1.54, 1.807) is 35.7 Å². The minimum Gasteiger partial charge on any atom is -0.361 e. The van der Waals surface area contributed by atoms with Gasteiger partial charge in [-0.15, -0.1) is 11.3 Å². The van der Waals surface area contributed by atoms with Crippen molar-refractivity contribution in [3.05, 3.63) is 72.6 Å². The van der Waals surface area contributed by atoms with E-state index >= 15 is 0 Å². The van der Waals surface area contributed by atoms with Gasteiger partial charge in [0.1, 0.15) is 4.83 Å². The van der Waals surface area contributed by atoms with Crippen molar-refractivity contribution in [2.45, 2.75) is 11.8 Å². The van der Waals surface area contributed by atoms with Gasteiger partial charge in [0.05, 0.1) is 10.6 Å². The van der Waals surface area contributed by atoms with E-state index in [-0.39, 0.29) is 0 Å². The van der Waals surface area contributed by atoms with Gasteiger partial charge in [0.15, 0.2) is 9.84 Å². The lowest BCUT2D eigenvalue weighted by Crippen LogP contribution is -1.96. The van der Waals surface area contributed by atoms with Crippen LogP contribution in [0.5, 0.6) is 0 Å². The summed E-state index contributed by atoms with van der Waals surface area (Å²) < 4.78 is 23.9. The lowest BCUT2D eigenvalue weighted by Gasteiger charge is -2.11. The monoisotopic (exact) mass is 433 g/mol. The lowest BCUT2D eigenvalue weighted by atomic mass is 10.1. The summed E-state index contributed by atoms with van der Waals surface area (Å²) in [4.78, 5) is 9.96. The van der Waals surface area contributed by atoms with E-state index in [1.807, 2.05) is 18.3 Å². The molecule has 0 saturated heterocycles. The van der Waals surface area contributed by atoms with Crippen LogP contribution in [0.1, 0.15) is 5.56 Å². The number of aromatic nitrogens is 2. The van der Waals surface area contributed by atoms with E-state index < -0.39 is 9.84 Å². The Kier molecular flexibility index (Phi) is 4.38. The predicted octanol–water partition coefficient (Wildman–Crippen LogP) is 5.90. The van der Waals surface area contributed by atoms with Gasteiger partial charge in [0.25, 0.3) is 0 Å². The number of pyridine rings is 1. The highest BCUT2D eigenvalue weighted by Crippen LogP contribution is 2.38.